The number of ether oxygens (including phenoxy) is 1. The van der Waals surface area contributed by atoms with Gasteiger partial charge < -0.3 is 34.4 Å². The number of fused-ring (bicyclic) bond motifs is 2. The zero-order valence-corrected chi connectivity index (χ0v) is 32.1. The van der Waals surface area contributed by atoms with Gasteiger partial charge in [0.05, 0.1) is 17.3 Å². The van der Waals surface area contributed by atoms with Crippen molar-refractivity contribution < 1.29 is 33.4 Å². The number of benzene rings is 4. The molecule has 0 radical (unpaired) electrons. The number of aromatic nitrogens is 1. The Hall–Kier alpha value is -5.63. The van der Waals surface area contributed by atoms with Gasteiger partial charge in [0, 0.05) is 30.8 Å². The van der Waals surface area contributed by atoms with Gasteiger partial charge in [0.15, 0.2) is 26.3 Å². The second-order valence-corrected chi connectivity index (χ2v) is 19.6. The number of amides is 2. The van der Waals surface area contributed by atoms with Gasteiger partial charge in [0.25, 0.3) is 5.91 Å². The average molecular weight is 751 g/mol. The van der Waals surface area contributed by atoms with E-state index in [0.29, 0.717) is 48.6 Å². The van der Waals surface area contributed by atoms with E-state index in [1.54, 1.807) is 22.8 Å². The zero-order chi connectivity index (χ0) is 38.6. The van der Waals surface area contributed by atoms with Gasteiger partial charge in [0.2, 0.25) is 0 Å². The number of carbonyl (C=O) groups is 2. The molecule has 0 fully saturated rings. The second-order valence-electron chi connectivity index (χ2n) is 14.8. The minimum atomic E-state index is -2.28. The van der Waals surface area contributed by atoms with Crippen LogP contribution in [0.3, 0.4) is 0 Å². The molecule has 1 aliphatic rings. The van der Waals surface area contributed by atoms with Crippen molar-refractivity contribution in [1.29, 1.82) is 0 Å². The molecule has 1 atom stereocenters. The first-order chi connectivity index (χ1) is 25.7. The van der Waals surface area contributed by atoms with Crippen LogP contribution in [0.4, 0.5) is 16.2 Å². The van der Waals surface area contributed by atoms with E-state index in [2.05, 4.69) is 49.8 Å². The van der Waals surface area contributed by atoms with E-state index in [1.165, 1.54) is 0 Å². The highest BCUT2D eigenvalue weighted by Gasteiger charge is 2.40. The number of rotatable bonds is 13. The summed E-state index contributed by atoms with van der Waals surface area (Å²) in [6.07, 6.45) is 2.81. The number of aromatic hydroxyl groups is 1. The second kappa shape index (κ2) is 15.8. The highest BCUT2D eigenvalue weighted by atomic mass is 28.4. The first-order valence-corrected chi connectivity index (χ1v) is 20.8. The number of anilines is 2. The maximum absolute atomic E-state index is 12.9. The third kappa shape index (κ3) is 8.60. The number of allylic oxidation sites excluding steroid dienone is 1. The van der Waals surface area contributed by atoms with E-state index in [-0.39, 0.29) is 29.0 Å². The summed E-state index contributed by atoms with van der Waals surface area (Å²) in [6, 6.07) is 24.2. The average Bonchev–Trinajstić information content (AvgIpc) is 3.43. The number of carbonyl (C=O) groups excluding carboxylic acids is 1. The number of aryl methyl sites for hydroxylation is 1. The van der Waals surface area contributed by atoms with Crippen molar-refractivity contribution >= 4 is 48.9 Å². The first-order valence-electron chi connectivity index (χ1n) is 17.9. The predicted octanol–water partition coefficient (Wildman–Crippen LogP) is 8.34. The molecule has 282 valence electrons. The number of phenols is 1. The fraction of sp³-hybridized carbons (Fsp3) is 0.293. The number of oxazole rings is 1. The van der Waals surface area contributed by atoms with Crippen LogP contribution in [0.25, 0.3) is 28.3 Å². The summed E-state index contributed by atoms with van der Waals surface area (Å²) in [6.45, 7) is 12.0. The third-order valence-electron chi connectivity index (χ3n) is 9.96. The fourth-order valence-electron chi connectivity index (χ4n) is 6.14. The number of phenolic OH excluding ortho intramolecular Hbond substituents is 1. The van der Waals surface area contributed by atoms with Crippen molar-refractivity contribution in [2.24, 2.45) is 0 Å². The lowest BCUT2D eigenvalue weighted by Gasteiger charge is -2.40. The summed E-state index contributed by atoms with van der Waals surface area (Å²) in [7, 11) is -2.28. The van der Waals surface area contributed by atoms with Crippen molar-refractivity contribution in [1.82, 2.24) is 9.88 Å². The quantitative estimate of drug-likeness (QED) is 0.0588. The Morgan fingerprint density at radius 1 is 1.06 bits per heavy atom. The molecule has 0 bridgehead atoms. The van der Waals surface area contributed by atoms with Gasteiger partial charge in [-0.1, -0.05) is 81.5 Å². The summed E-state index contributed by atoms with van der Waals surface area (Å²) in [4.78, 5) is 36.4. The lowest BCUT2D eigenvalue weighted by molar-refractivity contribution is -0.118. The maximum atomic E-state index is 12.9. The Bertz CT molecular complexity index is 2260. The molecule has 4 aromatic carbocycles. The molecule has 0 spiro atoms. The molecule has 2 amide bonds. The largest absolute Gasteiger partial charge is 0.506 e. The van der Waals surface area contributed by atoms with Gasteiger partial charge in [-0.05, 0) is 71.6 Å². The van der Waals surface area contributed by atoms with Crippen LogP contribution in [-0.4, -0.2) is 48.2 Å². The fourth-order valence-corrected chi connectivity index (χ4v) is 7.41. The minimum absolute atomic E-state index is 0.0695. The Balaban J connectivity index is 1.13. The Morgan fingerprint density at radius 3 is 2.57 bits per heavy atom. The Morgan fingerprint density at radius 2 is 1.83 bits per heavy atom. The number of nitrogens with one attached hydrogen (secondary N) is 3. The lowest BCUT2D eigenvalue weighted by atomic mass is 10.0. The molecular weight excluding hydrogens is 705 g/mol. The Kier molecular flexibility index (Phi) is 11.1. The highest BCUT2D eigenvalue weighted by molar-refractivity contribution is 6.74. The molecule has 5 aromatic rings. The van der Waals surface area contributed by atoms with E-state index >= 15 is 0 Å². The van der Waals surface area contributed by atoms with Crippen LogP contribution < -0.4 is 26.4 Å². The third-order valence-corrected chi connectivity index (χ3v) is 14.4. The van der Waals surface area contributed by atoms with E-state index in [1.807, 2.05) is 72.8 Å². The van der Waals surface area contributed by atoms with Crippen molar-refractivity contribution in [3.05, 3.63) is 112 Å². The minimum Gasteiger partial charge on any atom is -0.506 e. The molecule has 2 heterocycles. The van der Waals surface area contributed by atoms with Gasteiger partial charge in [-0.3, -0.25) is 14.7 Å². The van der Waals surface area contributed by atoms with E-state index in [9.17, 15) is 24.6 Å². The standard InChI is InChI=1S/C41H46N4O8Si/c1-41(2,3)54(4,5)53-35(30-17-19-33(46)37-38(30)51-25-36(47)44-37)24-42-23-27-15-18-32-34(22-27)52-40(50)45(32)20-10-9-11-26-14-16-29(28-12-7-6-8-13-28)31(21-26)43-39(48)49/h6-9,11-19,21-22,35,42-43,46H,10,20,23-25H2,1-5H3,(H,44,47)(H,48,49)/b11-9+/t35-/m0/s1. The van der Waals surface area contributed by atoms with Crippen molar-refractivity contribution in [2.45, 2.75) is 64.5 Å². The van der Waals surface area contributed by atoms with E-state index < -0.39 is 26.3 Å². The molecule has 13 heteroatoms. The van der Waals surface area contributed by atoms with Crippen LogP contribution >= 0.6 is 0 Å². The summed E-state index contributed by atoms with van der Waals surface area (Å²) in [5.74, 6) is -0.453. The molecular formula is C41H46N4O8Si. The lowest BCUT2D eigenvalue weighted by Crippen LogP contribution is -2.43. The van der Waals surface area contributed by atoms with Crippen molar-refractivity contribution in [2.75, 3.05) is 23.8 Å². The first kappa shape index (κ1) is 38.1. The summed E-state index contributed by atoms with van der Waals surface area (Å²) in [5, 5.41) is 28.5. The number of hydrogen-bond acceptors (Lipinski definition) is 8. The molecule has 1 aromatic heterocycles. The zero-order valence-electron chi connectivity index (χ0n) is 31.1. The van der Waals surface area contributed by atoms with Crippen LogP contribution in [0.5, 0.6) is 11.5 Å². The van der Waals surface area contributed by atoms with Crippen LogP contribution in [0, 0.1) is 0 Å². The van der Waals surface area contributed by atoms with Gasteiger partial charge in [-0.2, -0.15) is 0 Å². The molecule has 0 aliphatic carbocycles. The van der Waals surface area contributed by atoms with Crippen LogP contribution in [0.1, 0.15) is 50.0 Å². The topological polar surface area (TPSA) is 164 Å². The molecule has 0 saturated heterocycles. The van der Waals surface area contributed by atoms with Crippen LogP contribution in [-0.2, 0) is 22.3 Å². The normalized spacial score (nSPS) is 13.8. The molecule has 0 unspecified atom stereocenters. The Labute approximate surface area is 314 Å². The van der Waals surface area contributed by atoms with E-state index in [0.717, 1.165) is 27.8 Å². The SMILES string of the molecule is CC(C)(C)[Si](C)(C)O[C@@H](CNCc1ccc2c(c1)oc(=O)n2CC/C=C/c1ccc(-c2ccccc2)c(NC(=O)O)c1)c1ccc(O)c2c1OCC(=O)N2. The van der Waals surface area contributed by atoms with Gasteiger partial charge in [-0.25, -0.2) is 9.59 Å². The van der Waals surface area contributed by atoms with Gasteiger partial charge in [-0.15, -0.1) is 0 Å². The summed E-state index contributed by atoms with van der Waals surface area (Å²) >= 11 is 0. The van der Waals surface area contributed by atoms with Crippen LogP contribution in [0.2, 0.25) is 18.1 Å². The van der Waals surface area contributed by atoms with E-state index in [4.69, 9.17) is 13.6 Å². The van der Waals surface area contributed by atoms with Gasteiger partial charge in [0.1, 0.15) is 11.4 Å². The number of carboxylic acid groups (broad SMARTS) is 1. The number of nitrogens with zero attached hydrogens (tertiary/aromatic N) is 1. The summed E-state index contributed by atoms with van der Waals surface area (Å²) in [5.41, 5.74) is 6.05. The monoisotopic (exact) mass is 750 g/mol. The molecule has 6 rings (SSSR count). The molecule has 54 heavy (non-hydrogen) atoms. The molecule has 12 nitrogen and oxygen atoms in total. The highest BCUT2D eigenvalue weighted by Crippen LogP contribution is 2.45. The van der Waals surface area contributed by atoms with Crippen molar-refractivity contribution in [3.63, 3.8) is 0 Å². The van der Waals surface area contributed by atoms with Crippen LogP contribution in [0.15, 0.2) is 94.2 Å². The number of hydrogen-bond donors (Lipinski definition) is 5. The van der Waals surface area contributed by atoms with Gasteiger partial charge >= 0.3 is 11.8 Å². The molecule has 1 aliphatic heterocycles. The predicted molar refractivity (Wildman–Crippen MR) is 213 cm³/mol. The summed E-state index contributed by atoms with van der Waals surface area (Å²) < 4.78 is 19.9. The smallest absolute Gasteiger partial charge is 0.419 e. The molecule has 5 N–H and O–H groups in total. The molecule has 0 saturated carbocycles. The van der Waals surface area contributed by atoms with Crippen molar-refractivity contribution in [3.8, 4) is 22.6 Å². The maximum Gasteiger partial charge on any atom is 0.419 e.